The van der Waals surface area contributed by atoms with E-state index in [4.69, 9.17) is 0 Å². The summed E-state index contributed by atoms with van der Waals surface area (Å²) in [6.45, 7) is 3.61. The third kappa shape index (κ3) is 4.16. The number of rotatable bonds is 5. The van der Waals surface area contributed by atoms with E-state index in [2.05, 4.69) is 10.6 Å². The van der Waals surface area contributed by atoms with Gasteiger partial charge >= 0.3 is 0 Å². The van der Waals surface area contributed by atoms with Crippen LogP contribution in [-0.4, -0.2) is 16.7 Å². The van der Waals surface area contributed by atoms with Crippen LogP contribution in [0.4, 0.5) is 17.1 Å². The summed E-state index contributed by atoms with van der Waals surface area (Å²) in [6, 6.07) is 10.5. The van der Waals surface area contributed by atoms with Crippen molar-refractivity contribution in [3.63, 3.8) is 0 Å². The van der Waals surface area contributed by atoms with Gasteiger partial charge in [-0.05, 0) is 36.8 Å². The van der Waals surface area contributed by atoms with Gasteiger partial charge in [-0.2, -0.15) is 0 Å². The Balaban J connectivity index is 2.15. The van der Waals surface area contributed by atoms with Crippen molar-refractivity contribution in [1.82, 2.24) is 0 Å². The van der Waals surface area contributed by atoms with Gasteiger partial charge in [-0.25, -0.2) is 0 Å². The molecule has 2 aromatic carbocycles. The first-order valence-corrected chi connectivity index (χ1v) is 7.37. The van der Waals surface area contributed by atoms with Crippen LogP contribution >= 0.6 is 0 Å². The molecule has 0 unspecified atom stereocenters. The Morgan fingerprint density at radius 3 is 2.33 bits per heavy atom. The van der Waals surface area contributed by atoms with Crippen LogP contribution in [0, 0.1) is 17.0 Å². The van der Waals surface area contributed by atoms with Crippen molar-refractivity contribution in [3.8, 4) is 0 Å². The lowest BCUT2D eigenvalue weighted by molar-refractivity contribution is -0.384. The number of hydrogen-bond acceptors (Lipinski definition) is 4. The molecule has 2 aromatic rings. The summed E-state index contributed by atoms with van der Waals surface area (Å²) in [5.41, 5.74) is 2.26. The average Bonchev–Trinajstić information content (AvgIpc) is 2.57. The molecule has 0 spiro atoms. The summed E-state index contributed by atoms with van der Waals surface area (Å²) < 4.78 is 0. The minimum atomic E-state index is -0.523. The molecule has 0 aromatic heterocycles. The molecule has 0 aliphatic heterocycles. The van der Waals surface area contributed by atoms with E-state index in [1.165, 1.54) is 24.3 Å². The molecule has 2 amide bonds. The Labute approximate surface area is 138 Å². The van der Waals surface area contributed by atoms with E-state index in [-0.39, 0.29) is 17.5 Å². The van der Waals surface area contributed by atoms with Crippen molar-refractivity contribution in [2.45, 2.75) is 20.3 Å². The van der Waals surface area contributed by atoms with Crippen molar-refractivity contribution >= 4 is 28.9 Å². The molecule has 7 heteroatoms. The molecule has 0 atom stereocenters. The molecule has 0 fully saturated rings. The molecule has 0 saturated carbocycles. The fraction of sp³-hybridized carbons (Fsp3) is 0.176. The molecule has 0 aliphatic carbocycles. The van der Waals surface area contributed by atoms with Crippen molar-refractivity contribution in [3.05, 3.63) is 63.7 Å². The number of nitro groups is 1. The Morgan fingerprint density at radius 1 is 1.08 bits per heavy atom. The van der Waals surface area contributed by atoms with Crippen LogP contribution in [0.2, 0.25) is 0 Å². The number of aryl methyl sites for hydroxylation is 1. The van der Waals surface area contributed by atoms with Crippen molar-refractivity contribution < 1.29 is 14.5 Å². The van der Waals surface area contributed by atoms with Gasteiger partial charge in [-0.15, -0.1) is 0 Å². The number of carbonyl (C=O) groups is 2. The Kier molecular flexibility index (Phi) is 5.26. The van der Waals surface area contributed by atoms with Crippen LogP contribution in [-0.2, 0) is 4.79 Å². The van der Waals surface area contributed by atoms with E-state index in [9.17, 15) is 19.7 Å². The minimum Gasteiger partial charge on any atom is -0.326 e. The number of carbonyl (C=O) groups excluding carboxylic acids is 2. The van der Waals surface area contributed by atoms with E-state index < -0.39 is 4.92 Å². The van der Waals surface area contributed by atoms with Crippen LogP contribution in [0.3, 0.4) is 0 Å². The minimum absolute atomic E-state index is 0.0774. The molecular formula is C17H17N3O4. The normalized spacial score (nSPS) is 10.1. The fourth-order valence-corrected chi connectivity index (χ4v) is 2.01. The third-order valence-corrected chi connectivity index (χ3v) is 3.43. The second kappa shape index (κ2) is 7.36. The maximum atomic E-state index is 12.2. The summed E-state index contributed by atoms with van der Waals surface area (Å²) in [5.74, 6) is -0.501. The summed E-state index contributed by atoms with van der Waals surface area (Å²) in [4.78, 5) is 33.8. The smallest absolute Gasteiger partial charge is 0.269 e. The zero-order valence-corrected chi connectivity index (χ0v) is 13.3. The second-order valence-corrected chi connectivity index (χ2v) is 5.19. The standard InChI is InChI=1S/C17H17N3O4/c1-3-16(21)19-15-10-13(7-4-11(15)2)18-17(22)12-5-8-14(9-6-12)20(23)24/h4-10H,3H2,1-2H3,(H,18,22)(H,19,21). The Hall–Kier alpha value is -3.22. The molecule has 0 aliphatic rings. The molecule has 124 valence electrons. The number of hydrogen-bond donors (Lipinski definition) is 2. The first kappa shape index (κ1) is 17.1. The maximum Gasteiger partial charge on any atom is 0.269 e. The van der Waals surface area contributed by atoms with Crippen LogP contribution in [0.15, 0.2) is 42.5 Å². The van der Waals surface area contributed by atoms with Gasteiger partial charge in [-0.1, -0.05) is 13.0 Å². The lowest BCUT2D eigenvalue weighted by atomic mass is 10.1. The monoisotopic (exact) mass is 327 g/mol. The number of nitrogens with zero attached hydrogens (tertiary/aromatic N) is 1. The lowest BCUT2D eigenvalue weighted by Crippen LogP contribution is -2.14. The number of non-ortho nitro benzene ring substituents is 1. The van der Waals surface area contributed by atoms with Crippen LogP contribution < -0.4 is 10.6 Å². The van der Waals surface area contributed by atoms with Crippen LogP contribution in [0.25, 0.3) is 0 Å². The zero-order valence-electron chi connectivity index (χ0n) is 13.3. The molecule has 2 rings (SSSR count). The highest BCUT2D eigenvalue weighted by Gasteiger charge is 2.11. The first-order chi connectivity index (χ1) is 11.4. The van der Waals surface area contributed by atoms with Gasteiger partial charge in [0.15, 0.2) is 0 Å². The molecule has 0 saturated heterocycles. The first-order valence-electron chi connectivity index (χ1n) is 7.37. The summed E-state index contributed by atoms with van der Waals surface area (Å²) >= 11 is 0. The van der Waals surface area contributed by atoms with Crippen molar-refractivity contribution in [2.75, 3.05) is 10.6 Å². The van der Waals surface area contributed by atoms with Crippen molar-refractivity contribution in [2.24, 2.45) is 0 Å². The number of benzene rings is 2. The van der Waals surface area contributed by atoms with E-state index in [0.717, 1.165) is 5.56 Å². The highest BCUT2D eigenvalue weighted by molar-refractivity contribution is 6.05. The SMILES string of the molecule is CCC(=O)Nc1cc(NC(=O)c2ccc([N+](=O)[O-])cc2)ccc1C. The second-order valence-electron chi connectivity index (χ2n) is 5.19. The van der Waals surface area contributed by atoms with Crippen LogP contribution in [0.1, 0.15) is 29.3 Å². The van der Waals surface area contributed by atoms with Gasteiger partial charge < -0.3 is 10.6 Å². The van der Waals surface area contributed by atoms with E-state index in [1.807, 2.05) is 6.92 Å². The summed E-state index contributed by atoms with van der Waals surface area (Å²) in [7, 11) is 0. The molecular weight excluding hydrogens is 310 g/mol. The lowest BCUT2D eigenvalue weighted by Gasteiger charge is -2.11. The van der Waals surface area contributed by atoms with E-state index in [1.54, 1.807) is 25.1 Å². The summed E-state index contributed by atoms with van der Waals surface area (Å²) in [6.07, 6.45) is 0.360. The maximum absolute atomic E-state index is 12.2. The number of amides is 2. The number of nitrogens with one attached hydrogen (secondary N) is 2. The van der Waals surface area contributed by atoms with E-state index >= 15 is 0 Å². The molecule has 7 nitrogen and oxygen atoms in total. The average molecular weight is 327 g/mol. The van der Waals surface area contributed by atoms with Gasteiger partial charge in [0, 0.05) is 35.5 Å². The van der Waals surface area contributed by atoms with Gasteiger partial charge in [0.05, 0.1) is 4.92 Å². The Bertz CT molecular complexity index is 785. The molecule has 2 N–H and O–H groups in total. The fourth-order valence-electron chi connectivity index (χ4n) is 2.01. The Morgan fingerprint density at radius 2 is 1.75 bits per heavy atom. The predicted octanol–water partition coefficient (Wildman–Crippen LogP) is 3.50. The molecule has 0 radical (unpaired) electrons. The number of nitro benzene ring substituents is 1. The topological polar surface area (TPSA) is 101 Å². The third-order valence-electron chi connectivity index (χ3n) is 3.43. The quantitative estimate of drug-likeness (QED) is 0.648. The number of anilines is 2. The predicted molar refractivity (Wildman–Crippen MR) is 91.1 cm³/mol. The van der Waals surface area contributed by atoms with Crippen molar-refractivity contribution in [1.29, 1.82) is 0 Å². The molecule has 0 heterocycles. The highest BCUT2D eigenvalue weighted by atomic mass is 16.6. The van der Waals surface area contributed by atoms with Crippen LogP contribution in [0.5, 0.6) is 0 Å². The molecule has 24 heavy (non-hydrogen) atoms. The largest absolute Gasteiger partial charge is 0.326 e. The van der Waals surface area contributed by atoms with E-state index in [0.29, 0.717) is 23.4 Å². The van der Waals surface area contributed by atoms with Gasteiger partial charge in [-0.3, -0.25) is 19.7 Å². The molecule has 0 bridgehead atoms. The summed E-state index contributed by atoms with van der Waals surface area (Å²) in [5, 5.41) is 16.1. The van der Waals surface area contributed by atoms with Gasteiger partial charge in [0.25, 0.3) is 11.6 Å². The van der Waals surface area contributed by atoms with Gasteiger partial charge in [0.2, 0.25) is 5.91 Å². The zero-order chi connectivity index (χ0) is 17.7. The highest BCUT2D eigenvalue weighted by Crippen LogP contribution is 2.21. The van der Waals surface area contributed by atoms with Gasteiger partial charge in [0.1, 0.15) is 0 Å².